The molecule has 1 aliphatic rings. The zero-order chi connectivity index (χ0) is 17.8. The summed E-state index contributed by atoms with van der Waals surface area (Å²) < 4.78 is 5.22. The van der Waals surface area contributed by atoms with Crippen LogP contribution >= 0.6 is 24.2 Å². The molecule has 0 saturated carbocycles. The second kappa shape index (κ2) is 9.44. The van der Waals surface area contributed by atoms with Gasteiger partial charge in [-0.15, -0.1) is 24.2 Å². The fraction of sp³-hybridized carbons (Fsp3) is 0.474. The lowest BCUT2D eigenvalue weighted by molar-refractivity contribution is 0.0917. The van der Waals surface area contributed by atoms with E-state index in [1.807, 2.05) is 38.1 Å². The molecule has 2 unspecified atom stereocenters. The van der Waals surface area contributed by atoms with E-state index in [-0.39, 0.29) is 24.4 Å². The van der Waals surface area contributed by atoms with E-state index in [4.69, 9.17) is 4.52 Å². The molecule has 2 heterocycles. The van der Waals surface area contributed by atoms with Crippen LogP contribution in [0.15, 0.2) is 33.7 Å². The molecule has 0 bridgehead atoms. The van der Waals surface area contributed by atoms with E-state index in [2.05, 4.69) is 22.7 Å². The van der Waals surface area contributed by atoms with Crippen LogP contribution in [-0.4, -0.2) is 29.7 Å². The van der Waals surface area contributed by atoms with Crippen molar-refractivity contribution >= 4 is 30.1 Å². The van der Waals surface area contributed by atoms with Gasteiger partial charge in [0.05, 0.1) is 11.3 Å². The molecule has 142 valence electrons. The number of hydrogen-bond donors (Lipinski definition) is 2. The second-order valence-corrected chi connectivity index (χ2v) is 7.57. The Bertz CT molecular complexity index is 731. The predicted octanol–water partition coefficient (Wildman–Crippen LogP) is 3.88. The highest BCUT2D eigenvalue weighted by Crippen LogP contribution is 2.29. The number of hydrogen-bond acceptors (Lipinski definition) is 5. The molecule has 1 fully saturated rings. The van der Waals surface area contributed by atoms with Crippen LogP contribution < -0.4 is 10.6 Å². The standard InChI is InChI=1S/C19H25N3O2S.ClH/c1-12-16(14(3)24-22-12)11-25-18-9-5-4-7-15(18)19(23)21-17-8-6-10-20-13(17)2;/h4-5,7,9,13,17,20H,6,8,10-11H2,1-3H3,(H,21,23);1H. The van der Waals surface area contributed by atoms with Crippen LogP contribution in [0.2, 0.25) is 0 Å². The van der Waals surface area contributed by atoms with Gasteiger partial charge < -0.3 is 15.2 Å². The smallest absolute Gasteiger partial charge is 0.252 e. The Morgan fingerprint density at radius 1 is 1.38 bits per heavy atom. The van der Waals surface area contributed by atoms with Crippen molar-refractivity contribution in [2.24, 2.45) is 0 Å². The number of aromatic nitrogens is 1. The van der Waals surface area contributed by atoms with Crippen molar-refractivity contribution in [1.29, 1.82) is 0 Å². The SMILES string of the molecule is Cc1noc(C)c1CSc1ccccc1C(=O)NC1CCCNC1C.Cl. The lowest BCUT2D eigenvalue weighted by atomic mass is 9.99. The highest BCUT2D eigenvalue weighted by molar-refractivity contribution is 7.98. The van der Waals surface area contributed by atoms with Gasteiger partial charge in [-0.2, -0.15) is 0 Å². The summed E-state index contributed by atoms with van der Waals surface area (Å²) in [5.74, 6) is 1.59. The maximum Gasteiger partial charge on any atom is 0.252 e. The molecule has 7 heteroatoms. The van der Waals surface area contributed by atoms with Crippen molar-refractivity contribution in [3.05, 3.63) is 46.8 Å². The minimum absolute atomic E-state index is 0. The van der Waals surface area contributed by atoms with Gasteiger partial charge in [0, 0.05) is 28.3 Å². The number of nitrogens with zero attached hydrogens (tertiary/aromatic N) is 1. The predicted molar refractivity (Wildman–Crippen MR) is 107 cm³/mol. The fourth-order valence-corrected chi connectivity index (χ4v) is 4.33. The second-order valence-electron chi connectivity index (χ2n) is 6.55. The lowest BCUT2D eigenvalue weighted by Gasteiger charge is -2.30. The summed E-state index contributed by atoms with van der Waals surface area (Å²) in [6.45, 7) is 7.02. The van der Waals surface area contributed by atoms with Gasteiger partial charge in [0.2, 0.25) is 0 Å². The lowest BCUT2D eigenvalue weighted by Crippen LogP contribution is -2.51. The van der Waals surface area contributed by atoms with Crippen molar-refractivity contribution in [3.8, 4) is 0 Å². The average molecular weight is 396 g/mol. The van der Waals surface area contributed by atoms with Crippen molar-refractivity contribution in [1.82, 2.24) is 15.8 Å². The third-order valence-electron chi connectivity index (χ3n) is 4.76. The first-order chi connectivity index (χ1) is 12.1. The Balaban J connectivity index is 0.00000243. The summed E-state index contributed by atoms with van der Waals surface area (Å²) in [6, 6.07) is 8.27. The van der Waals surface area contributed by atoms with Crippen LogP contribution in [0.1, 0.15) is 47.1 Å². The number of aryl methyl sites for hydroxylation is 2. The molecule has 5 nitrogen and oxygen atoms in total. The van der Waals surface area contributed by atoms with Crippen LogP contribution in [0.4, 0.5) is 0 Å². The van der Waals surface area contributed by atoms with E-state index in [0.717, 1.165) is 52.6 Å². The maximum atomic E-state index is 12.8. The Labute approximate surface area is 165 Å². The summed E-state index contributed by atoms with van der Waals surface area (Å²) in [5, 5.41) is 10.6. The molecule has 1 aliphatic heterocycles. The molecule has 2 N–H and O–H groups in total. The molecular weight excluding hydrogens is 370 g/mol. The van der Waals surface area contributed by atoms with Crippen LogP contribution in [0.3, 0.4) is 0 Å². The topological polar surface area (TPSA) is 67.2 Å². The van der Waals surface area contributed by atoms with E-state index >= 15 is 0 Å². The van der Waals surface area contributed by atoms with Gasteiger partial charge in [0.1, 0.15) is 5.76 Å². The number of carbonyl (C=O) groups is 1. The van der Waals surface area contributed by atoms with Gasteiger partial charge >= 0.3 is 0 Å². The number of amides is 1. The molecule has 1 saturated heterocycles. The molecule has 0 radical (unpaired) electrons. The highest BCUT2D eigenvalue weighted by atomic mass is 35.5. The van der Waals surface area contributed by atoms with Gasteiger partial charge in [-0.3, -0.25) is 4.79 Å². The number of benzene rings is 1. The van der Waals surface area contributed by atoms with Crippen LogP contribution in [0, 0.1) is 13.8 Å². The summed E-state index contributed by atoms with van der Waals surface area (Å²) in [6.07, 6.45) is 2.12. The monoisotopic (exact) mass is 395 g/mol. The zero-order valence-electron chi connectivity index (χ0n) is 15.4. The van der Waals surface area contributed by atoms with Crippen LogP contribution in [0.5, 0.6) is 0 Å². The largest absolute Gasteiger partial charge is 0.361 e. The minimum Gasteiger partial charge on any atom is -0.361 e. The first kappa shape index (κ1) is 20.8. The van der Waals surface area contributed by atoms with E-state index < -0.39 is 0 Å². The van der Waals surface area contributed by atoms with E-state index in [1.54, 1.807) is 11.8 Å². The normalized spacial score (nSPS) is 19.7. The summed E-state index contributed by atoms with van der Waals surface area (Å²) in [4.78, 5) is 13.8. The van der Waals surface area contributed by atoms with Crippen molar-refractivity contribution in [2.75, 3.05) is 6.54 Å². The Hall–Kier alpha value is -1.50. The van der Waals surface area contributed by atoms with Crippen molar-refractivity contribution < 1.29 is 9.32 Å². The number of thioether (sulfide) groups is 1. The molecular formula is C19H26ClN3O2S. The van der Waals surface area contributed by atoms with Crippen molar-refractivity contribution in [3.63, 3.8) is 0 Å². The molecule has 1 aromatic heterocycles. The van der Waals surface area contributed by atoms with Gasteiger partial charge in [0.25, 0.3) is 5.91 Å². The molecule has 26 heavy (non-hydrogen) atoms. The number of carbonyl (C=O) groups excluding carboxylic acids is 1. The average Bonchev–Trinajstić information content (AvgIpc) is 2.93. The quantitative estimate of drug-likeness (QED) is 0.752. The first-order valence-electron chi connectivity index (χ1n) is 8.74. The van der Waals surface area contributed by atoms with Crippen LogP contribution in [0.25, 0.3) is 0 Å². The molecule has 0 aliphatic carbocycles. The Kier molecular flexibility index (Phi) is 7.55. The molecule has 3 rings (SSSR count). The fourth-order valence-electron chi connectivity index (χ4n) is 3.13. The van der Waals surface area contributed by atoms with Crippen LogP contribution in [-0.2, 0) is 5.75 Å². The third kappa shape index (κ3) is 4.81. The molecule has 2 aromatic rings. The number of rotatable bonds is 5. The number of piperidine rings is 1. The molecule has 1 aromatic carbocycles. The zero-order valence-corrected chi connectivity index (χ0v) is 17.0. The molecule has 1 amide bonds. The maximum absolute atomic E-state index is 12.8. The number of halogens is 1. The van der Waals surface area contributed by atoms with Gasteiger partial charge in [-0.05, 0) is 52.3 Å². The highest BCUT2D eigenvalue weighted by Gasteiger charge is 2.24. The molecule has 0 spiro atoms. The third-order valence-corrected chi connectivity index (χ3v) is 5.86. The summed E-state index contributed by atoms with van der Waals surface area (Å²) >= 11 is 1.65. The summed E-state index contributed by atoms with van der Waals surface area (Å²) in [7, 11) is 0. The number of nitrogens with one attached hydrogen (secondary N) is 2. The molecule has 2 atom stereocenters. The van der Waals surface area contributed by atoms with Gasteiger partial charge in [0.15, 0.2) is 0 Å². The Morgan fingerprint density at radius 3 is 2.85 bits per heavy atom. The van der Waals surface area contributed by atoms with E-state index in [9.17, 15) is 4.79 Å². The van der Waals surface area contributed by atoms with Gasteiger partial charge in [-0.1, -0.05) is 17.3 Å². The minimum atomic E-state index is 0. The van der Waals surface area contributed by atoms with Crippen molar-refractivity contribution in [2.45, 2.75) is 56.3 Å². The van der Waals surface area contributed by atoms with E-state index in [1.165, 1.54) is 0 Å². The Morgan fingerprint density at radius 2 is 2.15 bits per heavy atom. The first-order valence-corrected chi connectivity index (χ1v) is 9.72. The summed E-state index contributed by atoms with van der Waals surface area (Å²) in [5.41, 5.74) is 2.75. The van der Waals surface area contributed by atoms with Gasteiger partial charge in [-0.25, -0.2) is 0 Å². The van der Waals surface area contributed by atoms with E-state index in [0.29, 0.717) is 6.04 Å².